The molecule has 0 radical (unpaired) electrons. The maximum Gasteiger partial charge on any atom is 0.137 e. The maximum atomic E-state index is 10.8. The summed E-state index contributed by atoms with van der Waals surface area (Å²) in [6.07, 6.45) is 4.81. The van der Waals surface area contributed by atoms with Crippen LogP contribution in [0.25, 0.3) is 11.0 Å². The number of aryl methyl sites for hydroxylation is 1. The molecule has 2 atom stereocenters. The first-order chi connectivity index (χ1) is 8.69. The Bertz CT molecular complexity index is 599. The Morgan fingerprint density at radius 3 is 2.61 bits per heavy atom. The van der Waals surface area contributed by atoms with Crippen LogP contribution in [-0.2, 0) is 5.60 Å². The summed E-state index contributed by atoms with van der Waals surface area (Å²) in [5, 5.41) is 11.9. The van der Waals surface area contributed by atoms with Gasteiger partial charge in [-0.1, -0.05) is 24.5 Å². The van der Waals surface area contributed by atoms with E-state index >= 15 is 0 Å². The molecular weight excluding hydrogens is 224 g/mol. The van der Waals surface area contributed by atoms with Gasteiger partial charge in [-0.15, -0.1) is 0 Å². The highest BCUT2D eigenvalue weighted by Crippen LogP contribution is 2.64. The van der Waals surface area contributed by atoms with E-state index in [1.165, 1.54) is 18.4 Å². The Balaban J connectivity index is 1.79. The molecule has 2 aromatic rings. The molecule has 2 heteroatoms. The van der Waals surface area contributed by atoms with Crippen molar-refractivity contribution in [3.8, 4) is 0 Å². The van der Waals surface area contributed by atoms with E-state index in [1.54, 1.807) is 0 Å². The van der Waals surface area contributed by atoms with Crippen LogP contribution in [0.1, 0.15) is 37.0 Å². The zero-order chi connectivity index (χ0) is 12.3. The van der Waals surface area contributed by atoms with Gasteiger partial charge in [0.25, 0.3) is 0 Å². The first kappa shape index (κ1) is 10.6. The molecule has 1 N–H and O–H groups in total. The summed E-state index contributed by atoms with van der Waals surface area (Å²) in [4.78, 5) is 0. The van der Waals surface area contributed by atoms with Crippen LogP contribution in [0.5, 0.6) is 0 Å². The van der Waals surface area contributed by atoms with E-state index in [2.05, 4.69) is 19.1 Å². The molecule has 2 unspecified atom stereocenters. The average Bonchev–Trinajstić information content (AvgIpc) is 2.80. The summed E-state index contributed by atoms with van der Waals surface area (Å²) in [5.74, 6) is 1.67. The quantitative estimate of drug-likeness (QED) is 0.826. The summed E-state index contributed by atoms with van der Waals surface area (Å²) < 4.78 is 5.89. The van der Waals surface area contributed by atoms with E-state index in [1.807, 2.05) is 12.1 Å². The third-order valence-corrected chi connectivity index (χ3v) is 4.85. The number of rotatable bonds is 1. The Morgan fingerprint density at radius 1 is 1.17 bits per heavy atom. The molecule has 0 spiro atoms. The molecule has 0 aliphatic heterocycles. The van der Waals surface area contributed by atoms with Gasteiger partial charge in [0.05, 0.1) is 0 Å². The van der Waals surface area contributed by atoms with Crippen LogP contribution in [-0.4, -0.2) is 5.11 Å². The van der Waals surface area contributed by atoms with Gasteiger partial charge in [0.15, 0.2) is 0 Å². The number of aliphatic hydroxyl groups is 1. The third-order valence-electron chi connectivity index (χ3n) is 4.85. The van der Waals surface area contributed by atoms with Crippen LogP contribution in [0.3, 0.4) is 0 Å². The van der Waals surface area contributed by atoms with Crippen molar-refractivity contribution >= 4 is 11.0 Å². The fraction of sp³-hybridized carbons (Fsp3) is 0.500. The molecule has 4 rings (SSSR count). The van der Waals surface area contributed by atoms with Crippen LogP contribution >= 0.6 is 0 Å². The monoisotopic (exact) mass is 242 g/mol. The van der Waals surface area contributed by atoms with Gasteiger partial charge < -0.3 is 9.52 Å². The highest BCUT2D eigenvalue weighted by Gasteiger charge is 2.66. The van der Waals surface area contributed by atoms with Crippen molar-refractivity contribution < 1.29 is 9.52 Å². The molecule has 1 aromatic carbocycles. The highest BCUT2D eigenvalue weighted by molar-refractivity contribution is 5.79. The van der Waals surface area contributed by atoms with Crippen molar-refractivity contribution in [3.63, 3.8) is 0 Å². The fourth-order valence-electron chi connectivity index (χ4n) is 3.82. The number of benzene rings is 1. The SMILES string of the molecule is Cc1ccc2oc(C3(O)C4CCCCC43)cc2c1. The van der Waals surface area contributed by atoms with E-state index in [-0.39, 0.29) is 0 Å². The molecule has 1 aromatic heterocycles. The normalized spacial score (nSPS) is 34.6. The summed E-state index contributed by atoms with van der Waals surface area (Å²) in [7, 11) is 0. The molecule has 2 nitrogen and oxygen atoms in total. The van der Waals surface area contributed by atoms with E-state index in [0.717, 1.165) is 29.6 Å². The summed E-state index contributed by atoms with van der Waals surface area (Å²) in [6.45, 7) is 2.08. The largest absolute Gasteiger partial charge is 0.458 e. The molecule has 2 aliphatic rings. The predicted octanol–water partition coefficient (Wildman–Crippen LogP) is 3.75. The Hall–Kier alpha value is -1.28. The van der Waals surface area contributed by atoms with Gasteiger partial charge in [0, 0.05) is 17.2 Å². The molecular formula is C16H18O2. The van der Waals surface area contributed by atoms with Crippen molar-refractivity contribution in [1.82, 2.24) is 0 Å². The van der Waals surface area contributed by atoms with E-state index in [4.69, 9.17) is 4.42 Å². The first-order valence-electron chi connectivity index (χ1n) is 6.92. The van der Waals surface area contributed by atoms with Crippen LogP contribution in [0.4, 0.5) is 0 Å². The standard InChI is InChI=1S/C16H18O2/c1-10-6-7-14-11(8-10)9-15(18-14)16(17)12-4-2-3-5-13(12)16/h6-9,12-13,17H,2-5H2,1H3. The molecule has 0 amide bonds. The molecule has 0 bridgehead atoms. The Kier molecular flexibility index (Phi) is 2.00. The summed E-state index contributed by atoms with van der Waals surface area (Å²) in [6, 6.07) is 8.22. The molecule has 0 saturated heterocycles. The average molecular weight is 242 g/mol. The lowest BCUT2D eigenvalue weighted by molar-refractivity contribution is 0.0939. The van der Waals surface area contributed by atoms with E-state index < -0.39 is 5.60 Å². The second-order valence-electron chi connectivity index (χ2n) is 5.97. The zero-order valence-corrected chi connectivity index (χ0v) is 10.6. The van der Waals surface area contributed by atoms with Crippen LogP contribution in [0, 0.1) is 18.8 Å². The van der Waals surface area contributed by atoms with Crippen molar-refractivity contribution in [2.24, 2.45) is 11.8 Å². The highest BCUT2D eigenvalue weighted by atomic mass is 16.4. The minimum Gasteiger partial charge on any atom is -0.458 e. The van der Waals surface area contributed by atoms with E-state index in [0.29, 0.717) is 11.8 Å². The lowest BCUT2D eigenvalue weighted by atomic mass is 10.0. The van der Waals surface area contributed by atoms with Crippen molar-refractivity contribution in [2.45, 2.75) is 38.2 Å². The first-order valence-corrected chi connectivity index (χ1v) is 6.92. The van der Waals surface area contributed by atoms with Crippen LogP contribution in [0.15, 0.2) is 28.7 Å². The van der Waals surface area contributed by atoms with Gasteiger partial charge >= 0.3 is 0 Å². The molecule has 1 heterocycles. The van der Waals surface area contributed by atoms with Gasteiger partial charge in [-0.2, -0.15) is 0 Å². The third kappa shape index (κ3) is 1.27. The predicted molar refractivity (Wildman–Crippen MR) is 70.3 cm³/mol. The van der Waals surface area contributed by atoms with Crippen LogP contribution in [0.2, 0.25) is 0 Å². The van der Waals surface area contributed by atoms with Gasteiger partial charge in [-0.3, -0.25) is 0 Å². The van der Waals surface area contributed by atoms with Gasteiger partial charge in [-0.25, -0.2) is 0 Å². The minimum atomic E-state index is -0.663. The smallest absolute Gasteiger partial charge is 0.137 e. The maximum absolute atomic E-state index is 10.8. The summed E-state index contributed by atoms with van der Waals surface area (Å²) in [5.41, 5.74) is 1.46. The summed E-state index contributed by atoms with van der Waals surface area (Å²) >= 11 is 0. The second kappa shape index (κ2) is 3.39. The lowest BCUT2D eigenvalue weighted by Gasteiger charge is -2.05. The van der Waals surface area contributed by atoms with Gasteiger partial charge in [-0.05, 0) is 38.0 Å². The molecule has 94 valence electrons. The fourth-order valence-corrected chi connectivity index (χ4v) is 3.82. The molecule has 18 heavy (non-hydrogen) atoms. The topological polar surface area (TPSA) is 33.4 Å². The number of furan rings is 1. The Morgan fingerprint density at radius 2 is 1.89 bits per heavy atom. The number of hydrogen-bond acceptors (Lipinski definition) is 2. The van der Waals surface area contributed by atoms with Gasteiger partial charge in [0.2, 0.25) is 0 Å². The van der Waals surface area contributed by atoms with E-state index in [9.17, 15) is 5.11 Å². The van der Waals surface area contributed by atoms with Gasteiger partial charge in [0.1, 0.15) is 16.9 Å². The van der Waals surface area contributed by atoms with Crippen molar-refractivity contribution in [3.05, 3.63) is 35.6 Å². The second-order valence-corrected chi connectivity index (χ2v) is 5.97. The number of hydrogen-bond donors (Lipinski definition) is 1. The van der Waals surface area contributed by atoms with Crippen molar-refractivity contribution in [2.75, 3.05) is 0 Å². The van der Waals surface area contributed by atoms with Crippen LogP contribution < -0.4 is 0 Å². The molecule has 2 fully saturated rings. The zero-order valence-electron chi connectivity index (χ0n) is 10.6. The molecule has 2 aliphatic carbocycles. The minimum absolute atomic E-state index is 0.438. The van der Waals surface area contributed by atoms with Crippen molar-refractivity contribution in [1.29, 1.82) is 0 Å². The molecule has 2 saturated carbocycles. The lowest BCUT2D eigenvalue weighted by Crippen LogP contribution is -2.08. The number of fused-ring (bicyclic) bond motifs is 2. The Labute approximate surface area is 107 Å².